The summed E-state index contributed by atoms with van der Waals surface area (Å²) in [4.78, 5) is 3.79. The second-order valence-corrected chi connectivity index (χ2v) is 5.19. The van der Waals surface area contributed by atoms with Crippen molar-refractivity contribution in [2.45, 2.75) is 12.2 Å². The minimum absolute atomic E-state index is 0.00309. The largest absolute Gasteiger partial charge is 0.416 e. The average molecular weight is 335 g/mol. The molecule has 0 saturated carbocycles. The molecule has 1 unspecified atom stereocenters. The summed E-state index contributed by atoms with van der Waals surface area (Å²) < 4.78 is 39.4. The van der Waals surface area contributed by atoms with Crippen LogP contribution in [0.5, 0.6) is 0 Å². The Kier molecular flexibility index (Phi) is 4.76. The van der Waals surface area contributed by atoms with Gasteiger partial charge in [0.1, 0.15) is 0 Å². The zero-order chi connectivity index (χ0) is 15.6. The number of hydrogen-bond donors (Lipinski definition) is 1. The number of pyridine rings is 1. The van der Waals surface area contributed by atoms with Gasteiger partial charge in [0, 0.05) is 28.0 Å². The van der Waals surface area contributed by atoms with Crippen LogP contribution in [-0.4, -0.2) is 12.0 Å². The topological polar surface area (TPSA) is 24.9 Å². The summed E-state index contributed by atoms with van der Waals surface area (Å²) in [6, 6.07) is 4.85. The smallest absolute Gasteiger partial charge is 0.309 e. The predicted molar refractivity (Wildman–Crippen MR) is 76.6 cm³/mol. The molecule has 0 radical (unpaired) electrons. The molecule has 1 N–H and O–H groups in total. The molecule has 7 heteroatoms. The van der Waals surface area contributed by atoms with Gasteiger partial charge in [-0.1, -0.05) is 23.2 Å². The van der Waals surface area contributed by atoms with E-state index in [4.69, 9.17) is 23.2 Å². The zero-order valence-electron chi connectivity index (χ0n) is 10.9. The van der Waals surface area contributed by atoms with Gasteiger partial charge in [-0.15, -0.1) is 0 Å². The Hall–Kier alpha value is -1.30. The average Bonchev–Trinajstić information content (AvgIpc) is 2.43. The highest BCUT2D eigenvalue weighted by molar-refractivity contribution is 6.33. The lowest BCUT2D eigenvalue weighted by Crippen LogP contribution is -2.22. The second kappa shape index (κ2) is 6.22. The molecule has 0 aliphatic carbocycles. The van der Waals surface area contributed by atoms with Crippen LogP contribution in [-0.2, 0) is 6.18 Å². The van der Waals surface area contributed by atoms with Gasteiger partial charge in [-0.25, -0.2) is 0 Å². The van der Waals surface area contributed by atoms with Crippen molar-refractivity contribution in [3.63, 3.8) is 0 Å². The third-order valence-electron chi connectivity index (χ3n) is 3.03. The molecule has 2 nitrogen and oxygen atoms in total. The molecule has 0 fully saturated rings. The van der Waals surface area contributed by atoms with Gasteiger partial charge < -0.3 is 5.32 Å². The van der Waals surface area contributed by atoms with E-state index >= 15 is 0 Å². The number of hydrogen-bond acceptors (Lipinski definition) is 2. The van der Waals surface area contributed by atoms with E-state index in [1.54, 1.807) is 19.2 Å². The Morgan fingerprint density at radius 3 is 2.48 bits per heavy atom. The Balaban J connectivity index is 2.60. The molecule has 0 aliphatic heterocycles. The van der Waals surface area contributed by atoms with E-state index in [-0.39, 0.29) is 5.56 Å². The molecule has 2 aromatic rings. The van der Waals surface area contributed by atoms with Crippen molar-refractivity contribution >= 4 is 23.2 Å². The van der Waals surface area contributed by atoms with Gasteiger partial charge in [-0.05, 0) is 36.9 Å². The fraction of sp³-hybridized carbons (Fsp3) is 0.214. The fourth-order valence-electron chi connectivity index (χ4n) is 2.11. The van der Waals surface area contributed by atoms with Crippen molar-refractivity contribution in [3.05, 3.63) is 63.4 Å². The first kappa shape index (κ1) is 16.1. The molecule has 1 aromatic heterocycles. The van der Waals surface area contributed by atoms with Gasteiger partial charge in [0.25, 0.3) is 0 Å². The van der Waals surface area contributed by atoms with Crippen LogP contribution in [0.15, 0.2) is 36.7 Å². The van der Waals surface area contributed by atoms with Crippen LogP contribution in [0.1, 0.15) is 22.7 Å². The Bertz CT molecular complexity index is 644. The molecule has 0 amide bonds. The quantitative estimate of drug-likeness (QED) is 0.878. The highest BCUT2D eigenvalue weighted by Gasteiger charge is 2.35. The van der Waals surface area contributed by atoms with E-state index in [1.807, 2.05) is 0 Å². The summed E-state index contributed by atoms with van der Waals surface area (Å²) in [5.74, 6) is 0. The molecule has 21 heavy (non-hydrogen) atoms. The fourth-order valence-corrected chi connectivity index (χ4v) is 2.52. The number of nitrogens with zero attached hydrogens (tertiary/aromatic N) is 1. The Labute approximate surface area is 129 Å². The van der Waals surface area contributed by atoms with E-state index in [2.05, 4.69) is 10.3 Å². The van der Waals surface area contributed by atoms with Crippen molar-refractivity contribution in [2.24, 2.45) is 0 Å². The van der Waals surface area contributed by atoms with Gasteiger partial charge in [-0.2, -0.15) is 13.2 Å². The lowest BCUT2D eigenvalue weighted by Gasteiger charge is -2.22. The monoisotopic (exact) mass is 334 g/mol. The van der Waals surface area contributed by atoms with E-state index in [1.165, 1.54) is 12.3 Å². The summed E-state index contributed by atoms with van der Waals surface area (Å²) in [6.07, 6.45) is -2.18. The molecule has 0 spiro atoms. The maximum atomic E-state index is 13.1. The van der Waals surface area contributed by atoms with Crippen molar-refractivity contribution < 1.29 is 13.2 Å². The molecule has 1 aromatic carbocycles. The third-order valence-corrected chi connectivity index (χ3v) is 3.61. The summed E-state index contributed by atoms with van der Waals surface area (Å²) in [5, 5.41) is 3.56. The standard InChI is InChI=1S/C14H11Cl2F3N2/c1-20-13(9-6-8(15)2-3-12(9)16)10-7-21-5-4-11(10)14(17,18)19/h2-7,13,20H,1H3. The van der Waals surface area contributed by atoms with Crippen LogP contribution >= 0.6 is 23.2 Å². The van der Waals surface area contributed by atoms with Crippen LogP contribution in [0, 0.1) is 0 Å². The number of benzene rings is 1. The van der Waals surface area contributed by atoms with E-state index in [9.17, 15) is 13.2 Å². The molecule has 1 heterocycles. The molecular formula is C14H11Cl2F3N2. The van der Waals surface area contributed by atoms with Crippen LogP contribution in [0.4, 0.5) is 13.2 Å². The molecule has 0 bridgehead atoms. The number of alkyl halides is 3. The minimum atomic E-state index is -4.47. The highest BCUT2D eigenvalue weighted by Crippen LogP contribution is 2.38. The molecule has 2 rings (SSSR count). The molecule has 0 saturated heterocycles. The molecular weight excluding hydrogens is 324 g/mol. The zero-order valence-corrected chi connectivity index (χ0v) is 12.4. The van der Waals surface area contributed by atoms with E-state index in [0.717, 1.165) is 12.3 Å². The summed E-state index contributed by atoms with van der Waals surface area (Å²) in [5.41, 5.74) is -0.297. The number of nitrogens with one attached hydrogen (secondary N) is 1. The maximum Gasteiger partial charge on any atom is 0.416 e. The van der Waals surface area contributed by atoms with E-state index < -0.39 is 17.8 Å². The first-order valence-electron chi connectivity index (χ1n) is 5.98. The molecule has 112 valence electrons. The van der Waals surface area contributed by atoms with Gasteiger partial charge >= 0.3 is 6.18 Å². The summed E-state index contributed by atoms with van der Waals surface area (Å²) in [6.45, 7) is 0. The normalized spacial score (nSPS) is 13.2. The molecule has 1 atom stereocenters. The predicted octanol–water partition coefficient (Wildman–Crippen LogP) is 4.72. The van der Waals surface area contributed by atoms with Crippen LogP contribution in [0.25, 0.3) is 0 Å². The van der Waals surface area contributed by atoms with Crippen LogP contribution < -0.4 is 5.32 Å². The number of halogens is 5. The van der Waals surface area contributed by atoms with E-state index in [0.29, 0.717) is 15.6 Å². The SMILES string of the molecule is CNC(c1cc(Cl)ccc1Cl)c1cnccc1C(F)(F)F. The van der Waals surface area contributed by atoms with Crippen molar-refractivity contribution in [2.75, 3.05) is 7.05 Å². The van der Waals surface area contributed by atoms with Gasteiger partial charge in [-0.3, -0.25) is 4.98 Å². The first-order valence-corrected chi connectivity index (χ1v) is 6.73. The maximum absolute atomic E-state index is 13.1. The van der Waals surface area contributed by atoms with Crippen molar-refractivity contribution in [3.8, 4) is 0 Å². The van der Waals surface area contributed by atoms with Crippen LogP contribution in [0.2, 0.25) is 10.0 Å². The van der Waals surface area contributed by atoms with Crippen LogP contribution in [0.3, 0.4) is 0 Å². The minimum Gasteiger partial charge on any atom is -0.309 e. The van der Waals surface area contributed by atoms with Gasteiger partial charge in [0.05, 0.1) is 11.6 Å². The van der Waals surface area contributed by atoms with Gasteiger partial charge in [0.2, 0.25) is 0 Å². The molecule has 0 aliphatic rings. The third kappa shape index (κ3) is 3.48. The van der Waals surface area contributed by atoms with Crippen molar-refractivity contribution in [1.82, 2.24) is 10.3 Å². The lowest BCUT2D eigenvalue weighted by atomic mass is 9.96. The summed E-state index contributed by atoms with van der Waals surface area (Å²) in [7, 11) is 1.55. The first-order chi connectivity index (χ1) is 9.84. The summed E-state index contributed by atoms with van der Waals surface area (Å²) >= 11 is 12.0. The lowest BCUT2D eigenvalue weighted by molar-refractivity contribution is -0.138. The Morgan fingerprint density at radius 1 is 1.14 bits per heavy atom. The van der Waals surface area contributed by atoms with Crippen molar-refractivity contribution in [1.29, 1.82) is 0 Å². The highest BCUT2D eigenvalue weighted by atomic mass is 35.5. The number of rotatable bonds is 3. The number of aromatic nitrogens is 1. The Morgan fingerprint density at radius 2 is 1.86 bits per heavy atom. The second-order valence-electron chi connectivity index (χ2n) is 4.35. The van der Waals surface area contributed by atoms with Gasteiger partial charge in [0.15, 0.2) is 0 Å².